The van der Waals surface area contributed by atoms with Crippen molar-refractivity contribution < 1.29 is 9.85 Å². The minimum atomic E-state index is -0.862. The van der Waals surface area contributed by atoms with Crippen molar-refractivity contribution in [2.45, 2.75) is 25.3 Å². The summed E-state index contributed by atoms with van der Waals surface area (Å²) in [6, 6.07) is -0.862. The van der Waals surface area contributed by atoms with Gasteiger partial charge in [0, 0.05) is 17.8 Å². The molecule has 0 saturated carbocycles. The van der Waals surface area contributed by atoms with Crippen LogP contribution in [0.4, 0.5) is 0 Å². The van der Waals surface area contributed by atoms with E-state index in [2.05, 4.69) is 0 Å². The van der Waals surface area contributed by atoms with Crippen LogP contribution in [-0.4, -0.2) is 15.9 Å². The Morgan fingerprint density at radius 2 is 2.08 bits per heavy atom. The first kappa shape index (κ1) is 8.63. The molecule has 6 nitrogen and oxygen atoms in total. The minimum Gasteiger partial charge on any atom is -0.264 e. The van der Waals surface area contributed by atoms with Crippen LogP contribution in [0.2, 0.25) is 0 Å². The number of rotatable bonds is 2. The second-order valence-electron chi connectivity index (χ2n) is 2.66. The van der Waals surface area contributed by atoms with Gasteiger partial charge in [-0.15, -0.1) is 0 Å². The third-order valence-corrected chi connectivity index (χ3v) is 1.82. The maximum absolute atomic E-state index is 10.3. The molecule has 0 radical (unpaired) electrons. The Morgan fingerprint density at radius 3 is 2.58 bits per heavy atom. The molecule has 1 unspecified atom stereocenters. The minimum absolute atomic E-state index is 0.0250. The average molecular weight is 172 g/mol. The van der Waals surface area contributed by atoms with E-state index in [4.69, 9.17) is 0 Å². The Kier molecular flexibility index (Phi) is 2.37. The van der Waals surface area contributed by atoms with E-state index in [9.17, 15) is 20.2 Å². The molecule has 0 aromatic carbocycles. The Bertz CT molecular complexity index is 248. The molecule has 0 bridgehead atoms. The zero-order chi connectivity index (χ0) is 9.14. The Balaban J connectivity index is 2.76. The summed E-state index contributed by atoms with van der Waals surface area (Å²) < 4.78 is 0. The van der Waals surface area contributed by atoms with Gasteiger partial charge in [0.2, 0.25) is 11.7 Å². The standard InChI is InChI=1S/C6H8N2O4/c9-7(10)5-2-1-3-6(4-5)8(11)12/h4-5H,1-3H2. The average Bonchev–Trinajstić information content (AvgIpc) is 2.04. The van der Waals surface area contributed by atoms with Crippen molar-refractivity contribution in [3.63, 3.8) is 0 Å². The van der Waals surface area contributed by atoms with Gasteiger partial charge in [-0.2, -0.15) is 0 Å². The van der Waals surface area contributed by atoms with Crippen molar-refractivity contribution in [1.29, 1.82) is 0 Å². The van der Waals surface area contributed by atoms with Crippen molar-refractivity contribution in [2.24, 2.45) is 0 Å². The van der Waals surface area contributed by atoms with E-state index < -0.39 is 15.9 Å². The topological polar surface area (TPSA) is 86.3 Å². The molecule has 0 fully saturated rings. The van der Waals surface area contributed by atoms with Gasteiger partial charge in [-0.05, 0) is 6.42 Å². The zero-order valence-corrected chi connectivity index (χ0v) is 6.30. The van der Waals surface area contributed by atoms with Gasteiger partial charge in [0.15, 0.2) is 0 Å². The number of nitro groups is 2. The molecule has 66 valence electrons. The first-order chi connectivity index (χ1) is 5.61. The van der Waals surface area contributed by atoms with Gasteiger partial charge in [-0.3, -0.25) is 20.2 Å². The predicted octanol–water partition coefficient (Wildman–Crippen LogP) is 0.976. The summed E-state index contributed by atoms with van der Waals surface area (Å²) in [6.45, 7) is 0. The summed E-state index contributed by atoms with van der Waals surface area (Å²) in [6.07, 6.45) is 2.42. The highest BCUT2D eigenvalue weighted by molar-refractivity contribution is 5.00. The maximum atomic E-state index is 10.3. The van der Waals surface area contributed by atoms with Gasteiger partial charge in [0.05, 0.1) is 11.0 Å². The zero-order valence-electron chi connectivity index (χ0n) is 6.30. The molecule has 6 heteroatoms. The molecule has 12 heavy (non-hydrogen) atoms. The molecule has 0 heterocycles. The van der Waals surface area contributed by atoms with Gasteiger partial charge in [0.1, 0.15) is 0 Å². The molecule has 1 aliphatic carbocycles. The monoisotopic (exact) mass is 172 g/mol. The number of nitrogens with zero attached hydrogens (tertiary/aromatic N) is 2. The Morgan fingerprint density at radius 1 is 1.42 bits per heavy atom. The van der Waals surface area contributed by atoms with Gasteiger partial charge in [0.25, 0.3) is 0 Å². The van der Waals surface area contributed by atoms with E-state index >= 15 is 0 Å². The van der Waals surface area contributed by atoms with Crippen LogP contribution in [-0.2, 0) is 0 Å². The maximum Gasteiger partial charge on any atom is 0.249 e. The van der Waals surface area contributed by atoms with Gasteiger partial charge in [-0.1, -0.05) is 0 Å². The van der Waals surface area contributed by atoms with Crippen LogP contribution in [0.3, 0.4) is 0 Å². The smallest absolute Gasteiger partial charge is 0.249 e. The number of hydrogen-bond donors (Lipinski definition) is 0. The van der Waals surface area contributed by atoms with E-state index in [1.54, 1.807) is 0 Å². The first-order valence-corrected chi connectivity index (χ1v) is 3.60. The van der Waals surface area contributed by atoms with Gasteiger partial charge < -0.3 is 0 Å². The quantitative estimate of drug-likeness (QED) is 0.458. The second kappa shape index (κ2) is 3.29. The van der Waals surface area contributed by atoms with Crippen LogP contribution >= 0.6 is 0 Å². The molecular weight excluding hydrogens is 164 g/mol. The third-order valence-electron chi connectivity index (χ3n) is 1.82. The second-order valence-corrected chi connectivity index (χ2v) is 2.66. The fraction of sp³-hybridized carbons (Fsp3) is 0.667. The summed E-state index contributed by atoms with van der Waals surface area (Å²) >= 11 is 0. The lowest BCUT2D eigenvalue weighted by atomic mass is 10.0. The molecule has 0 saturated heterocycles. The predicted molar refractivity (Wildman–Crippen MR) is 39.7 cm³/mol. The van der Waals surface area contributed by atoms with E-state index in [1.165, 1.54) is 0 Å². The van der Waals surface area contributed by atoms with Crippen molar-refractivity contribution in [1.82, 2.24) is 0 Å². The molecule has 0 spiro atoms. The molecule has 0 aromatic heterocycles. The Hall–Kier alpha value is -1.46. The van der Waals surface area contributed by atoms with Crippen molar-refractivity contribution in [3.05, 3.63) is 32.0 Å². The number of hydrogen-bond acceptors (Lipinski definition) is 4. The summed E-state index contributed by atoms with van der Waals surface area (Å²) in [5.74, 6) is 0. The normalized spacial score (nSPS) is 23.0. The molecule has 0 aliphatic heterocycles. The van der Waals surface area contributed by atoms with Crippen LogP contribution in [0.25, 0.3) is 0 Å². The van der Waals surface area contributed by atoms with E-state index in [0.717, 1.165) is 6.08 Å². The lowest BCUT2D eigenvalue weighted by molar-refractivity contribution is -0.515. The van der Waals surface area contributed by atoms with Crippen LogP contribution in [0.1, 0.15) is 19.3 Å². The van der Waals surface area contributed by atoms with Crippen LogP contribution in [0, 0.1) is 20.2 Å². The molecule has 1 atom stereocenters. The van der Waals surface area contributed by atoms with Crippen molar-refractivity contribution in [2.75, 3.05) is 0 Å². The fourth-order valence-electron chi connectivity index (χ4n) is 1.20. The Labute approximate surface area is 68.2 Å². The largest absolute Gasteiger partial charge is 0.264 e. The molecule has 0 aromatic rings. The van der Waals surface area contributed by atoms with E-state index in [0.29, 0.717) is 19.3 Å². The lowest BCUT2D eigenvalue weighted by Crippen LogP contribution is -2.21. The highest BCUT2D eigenvalue weighted by Gasteiger charge is 2.27. The molecule has 0 amide bonds. The van der Waals surface area contributed by atoms with Gasteiger partial charge in [-0.25, -0.2) is 0 Å². The van der Waals surface area contributed by atoms with E-state index in [-0.39, 0.29) is 5.70 Å². The summed E-state index contributed by atoms with van der Waals surface area (Å²) in [7, 11) is 0. The highest BCUT2D eigenvalue weighted by Crippen LogP contribution is 2.19. The lowest BCUT2D eigenvalue weighted by Gasteiger charge is -2.09. The first-order valence-electron chi connectivity index (χ1n) is 3.60. The molecule has 0 N–H and O–H groups in total. The van der Waals surface area contributed by atoms with Gasteiger partial charge >= 0.3 is 0 Å². The molecular formula is C6H8N2O4. The molecule has 1 aliphatic rings. The SMILES string of the molecule is O=[N+]([O-])C1=CC([N+](=O)[O-])CCC1. The van der Waals surface area contributed by atoms with Crippen molar-refractivity contribution >= 4 is 0 Å². The van der Waals surface area contributed by atoms with Crippen LogP contribution < -0.4 is 0 Å². The fourth-order valence-corrected chi connectivity index (χ4v) is 1.20. The molecule has 1 rings (SSSR count). The third kappa shape index (κ3) is 1.77. The summed E-state index contributed by atoms with van der Waals surface area (Å²) in [5, 5.41) is 20.5. The summed E-state index contributed by atoms with van der Waals surface area (Å²) in [5.41, 5.74) is -0.0250. The van der Waals surface area contributed by atoms with Crippen molar-refractivity contribution in [3.8, 4) is 0 Å². The summed E-state index contributed by atoms with van der Waals surface area (Å²) in [4.78, 5) is 19.5. The van der Waals surface area contributed by atoms with E-state index in [1.807, 2.05) is 0 Å². The van der Waals surface area contributed by atoms with Crippen LogP contribution in [0.5, 0.6) is 0 Å². The number of allylic oxidation sites excluding steroid dienone is 1. The van der Waals surface area contributed by atoms with Crippen LogP contribution in [0.15, 0.2) is 11.8 Å². The highest BCUT2D eigenvalue weighted by atomic mass is 16.6.